The normalized spacial score (nSPS) is 17.9. The number of benzene rings is 2. The van der Waals surface area contributed by atoms with Crippen LogP contribution < -0.4 is 21.1 Å². The topological polar surface area (TPSA) is 99.8 Å². The first-order valence-electron chi connectivity index (χ1n) is 11.5. The van der Waals surface area contributed by atoms with Crippen LogP contribution in [0.5, 0.6) is 17.2 Å². The molecule has 1 aliphatic rings. The van der Waals surface area contributed by atoms with E-state index in [1.807, 2.05) is 30.3 Å². The molecule has 0 spiro atoms. The lowest BCUT2D eigenvalue weighted by Gasteiger charge is -2.32. The van der Waals surface area contributed by atoms with Gasteiger partial charge in [0.1, 0.15) is 5.75 Å². The number of methoxy groups -OCH3 is 1. The Balaban J connectivity index is 1.28. The van der Waals surface area contributed by atoms with Crippen LogP contribution in [0, 0.1) is 0 Å². The van der Waals surface area contributed by atoms with Crippen LogP contribution in [0.3, 0.4) is 0 Å². The van der Waals surface area contributed by atoms with Gasteiger partial charge in [0.2, 0.25) is 0 Å². The van der Waals surface area contributed by atoms with E-state index in [9.17, 15) is 10.2 Å². The van der Waals surface area contributed by atoms with Crippen LogP contribution in [0.1, 0.15) is 55.6 Å². The highest BCUT2D eigenvalue weighted by Crippen LogP contribution is 2.42. The third-order valence-corrected chi connectivity index (χ3v) is 6.28. The van der Waals surface area contributed by atoms with Crippen LogP contribution in [0.15, 0.2) is 36.4 Å². The fourth-order valence-corrected chi connectivity index (χ4v) is 4.53. The second-order valence-electron chi connectivity index (χ2n) is 8.39. The number of unbranched alkanes of at least 4 members (excludes halogenated alkanes) is 3. The molecule has 0 amide bonds. The van der Waals surface area contributed by atoms with Crippen LogP contribution >= 0.6 is 0 Å². The van der Waals surface area contributed by atoms with Crippen molar-refractivity contribution in [3.8, 4) is 17.2 Å². The molecule has 0 saturated heterocycles. The zero-order valence-corrected chi connectivity index (χ0v) is 18.6. The lowest BCUT2D eigenvalue weighted by molar-refractivity contribution is 0.380. The summed E-state index contributed by atoms with van der Waals surface area (Å²) in [4.78, 5) is 0. The van der Waals surface area contributed by atoms with Gasteiger partial charge in [-0.3, -0.25) is 0 Å². The van der Waals surface area contributed by atoms with Crippen molar-refractivity contribution in [1.82, 2.24) is 5.32 Å². The van der Waals surface area contributed by atoms with Gasteiger partial charge in [0.15, 0.2) is 11.5 Å². The molecule has 2 aromatic rings. The zero-order chi connectivity index (χ0) is 22.1. The van der Waals surface area contributed by atoms with Crippen molar-refractivity contribution >= 4 is 5.69 Å². The molecule has 0 heterocycles. The van der Waals surface area contributed by atoms with Gasteiger partial charge in [-0.1, -0.05) is 37.5 Å². The summed E-state index contributed by atoms with van der Waals surface area (Å²) in [6.07, 6.45) is 7.32. The summed E-state index contributed by atoms with van der Waals surface area (Å²) in [5, 5.41) is 26.8. The smallest absolute Gasteiger partial charge is 0.160 e. The third-order valence-electron chi connectivity index (χ3n) is 6.28. The van der Waals surface area contributed by atoms with Gasteiger partial charge in [-0.25, -0.2) is 0 Å². The van der Waals surface area contributed by atoms with E-state index in [2.05, 4.69) is 10.6 Å². The summed E-state index contributed by atoms with van der Waals surface area (Å²) < 4.78 is 5.35. The average Bonchev–Trinajstić information content (AvgIpc) is 2.79. The Morgan fingerprint density at radius 2 is 1.81 bits per heavy atom. The number of nitrogens with two attached hydrogens (primary N) is 1. The summed E-state index contributed by atoms with van der Waals surface area (Å²) >= 11 is 0. The number of phenolic OH excluding ortho intramolecular Hbond substituents is 2. The fraction of sp³-hybridized carbons (Fsp3) is 0.520. The summed E-state index contributed by atoms with van der Waals surface area (Å²) in [6, 6.07) is 11.6. The van der Waals surface area contributed by atoms with Crippen LogP contribution in [0.2, 0.25) is 0 Å². The molecule has 6 N–H and O–H groups in total. The van der Waals surface area contributed by atoms with E-state index in [0.717, 1.165) is 74.3 Å². The predicted molar refractivity (Wildman–Crippen MR) is 126 cm³/mol. The van der Waals surface area contributed by atoms with Gasteiger partial charge in [0, 0.05) is 24.7 Å². The standard InChI is InChI=1S/C25H37N3O3/c1-31-24-10-6-5-9-22(24)28-17-16-27-15-7-3-2-4-8-19-18-12-14-23(29)25(30)20(18)11-13-21(19)26/h5-6,9-10,12,14,19,21,27-30H,2-4,7-8,11,13,15-17,26H2,1H3. The molecule has 0 saturated carbocycles. The third kappa shape index (κ3) is 6.28. The molecular weight excluding hydrogens is 390 g/mol. The van der Waals surface area contributed by atoms with E-state index in [0.29, 0.717) is 0 Å². The van der Waals surface area contributed by atoms with Gasteiger partial charge < -0.3 is 31.3 Å². The van der Waals surface area contributed by atoms with Crippen molar-refractivity contribution < 1.29 is 14.9 Å². The van der Waals surface area contributed by atoms with E-state index in [1.54, 1.807) is 13.2 Å². The number of para-hydroxylation sites is 2. The number of hydrogen-bond acceptors (Lipinski definition) is 6. The monoisotopic (exact) mass is 427 g/mol. The van der Waals surface area contributed by atoms with E-state index in [-0.39, 0.29) is 23.5 Å². The highest BCUT2D eigenvalue weighted by Gasteiger charge is 2.29. The van der Waals surface area contributed by atoms with E-state index in [1.165, 1.54) is 12.8 Å². The van der Waals surface area contributed by atoms with Crippen LogP contribution in [-0.2, 0) is 6.42 Å². The summed E-state index contributed by atoms with van der Waals surface area (Å²) in [7, 11) is 1.69. The molecule has 2 aromatic carbocycles. The first-order valence-corrected chi connectivity index (χ1v) is 11.5. The minimum atomic E-state index is -0.0291. The zero-order valence-electron chi connectivity index (χ0n) is 18.6. The molecule has 6 nitrogen and oxygen atoms in total. The first kappa shape index (κ1) is 23.2. The quantitative estimate of drug-likeness (QED) is 0.258. The Hall–Kier alpha value is -2.44. The largest absolute Gasteiger partial charge is 0.504 e. The fourth-order valence-electron chi connectivity index (χ4n) is 4.53. The predicted octanol–water partition coefficient (Wildman–Crippen LogP) is 4.12. The Morgan fingerprint density at radius 3 is 2.65 bits per heavy atom. The number of phenols is 2. The maximum Gasteiger partial charge on any atom is 0.160 e. The Kier molecular flexibility index (Phi) is 8.85. The second-order valence-corrected chi connectivity index (χ2v) is 8.39. The molecule has 31 heavy (non-hydrogen) atoms. The Bertz CT molecular complexity index is 828. The molecule has 1 aliphatic carbocycles. The highest BCUT2D eigenvalue weighted by atomic mass is 16.5. The molecule has 0 fully saturated rings. The summed E-state index contributed by atoms with van der Waals surface area (Å²) in [5.41, 5.74) is 9.42. The molecular formula is C25H37N3O3. The van der Waals surface area contributed by atoms with Gasteiger partial charge in [-0.05, 0) is 61.9 Å². The minimum Gasteiger partial charge on any atom is -0.504 e. The van der Waals surface area contributed by atoms with Crippen molar-refractivity contribution in [2.45, 2.75) is 56.9 Å². The molecule has 0 radical (unpaired) electrons. The Labute approximate surface area is 185 Å². The maximum atomic E-state index is 10.2. The van der Waals surface area contributed by atoms with Crippen molar-refractivity contribution in [2.24, 2.45) is 5.73 Å². The van der Waals surface area contributed by atoms with Crippen molar-refractivity contribution in [2.75, 3.05) is 32.1 Å². The van der Waals surface area contributed by atoms with Gasteiger partial charge in [0.05, 0.1) is 12.8 Å². The number of rotatable bonds is 12. The number of nitrogens with one attached hydrogen (secondary N) is 2. The van der Waals surface area contributed by atoms with Crippen LogP contribution in [0.25, 0.3) is 0 Å². The molecule has 0 bridgehead atoms. The number of ether oxygens (including phenoxy) is 1. The SMILES string of the molecule is COc1ccccc1NCCNCCCCCCC1c2ccc(O)c(O)c2CCC1N. The van der Waals surface area contributed by atoms with Gasteiger partial charge >= 0.3 is 0 Å². The van der Waals surface area contributed by atoms with Crippen molar-refractivity contribution in [1.29, 1.82) is 0 Å². The minimum absolute atomic E-state index is 0.0291. The number of fused-ring (bicyclic) bond motifs is 1. The van der Waals surface area contributed by atoms with E-state index >= 15 is 0 Å². The van der Waals surface area contributed by atoms with Crippen molar-refractivity contribution in [3.63, 3.8) is 0 Å². The summed E-state index contributed by atoms with van der Waals surface area (Å²) in [5.74, 6) is 1.16. The molecule has 3 rings (SSSR count). The van der Waals surface area contributed by atoms with Gasteiger partial charge in [-0.15, -0.1) is 0 Å². The Morgan fingerprint density at radius 1 is 1.00 bits per heavy atom. The van der Waals surface area contributed by atoms with Crippen molar-refractivity contribution in [3.05, 3.63) is 47.5 Å². The number of aromatic hydroxyl groups is 2. The number of hydrogen-bond donors (Lipinski definition) is 5. The lowest BCUT2D eigenvalue weighted by atomic mass is 9.76. The highest BCUT2D eigenvalue weighted by molar-refractivity contribution is 5.56. The molecule has 6 heteroatoms. The molecule has 2 unspecified atom stereocenters. The van der Waals surface area contributed by atoms with Gasteiger partial charge in [-0.2, -0.15) is 0 Å². The van der Waals surface area contributed by atoms with Gasteiger partial charge in [0.25, 0.3) is 0 Å². The van der Waals surface area contributed by atoms with E-state index < -0.39 is 0 Å². The molecule has 0 aromatic heterocycles. The number of anilines is 1. The summed E-state index contributed by atoms with van der Waals surface area (Å²) in [6.45, 7) is 2.80. The molecule has 2 atom stereocenters. The van der Waals surface area contributed by atoms with E-state index in [4.69, 9.17) is 10.5 Å². The van der Waals surface area contributed by atoms with Crippen LogP contribution in [-0.4, -0.2) is 43.0 Å². The average molecular weight is 428 g/mol. The molecule has 170 valence electrons. The lowest BCUT2D eigenvalue weighted by Crippen LogP contribution is -2.33. The maximum absolute atomic E-state index is 10.2. The first-order chi connectivity index (χ1) is 15.1. The second kappa shape index (κ2) is 11.8. The van der Waals surface area contributed by atoms with Crippen LogP contribution in [0.4, 0.5) is 5.69 Å². The molecule has 0 aliphatic heterocycles.